The van der Waals surface area contributed by atoms with E-state index in [4.69, 9.17) is 4.74 Å². The third-order valence-electron chi connectivity index (χ3n) is 5.13. The van der Waals surface area contributed by atoms with Crippen LogP contribution in [0.5, 0.6) is 0 Å². The third kappa shape index (κ3) is 3.57. The Labute approximate surface area is 163 Å². The second kappa shape index (κ2) is 7.97. The van der Waals surface area contributed by atoms with Gasteiger partial charge in [0.2, 0.25) is 0 Å². The summed E-state index contributed by atoms with van der Waals surface area (Å²) in [6, 6.07) is 0.257. The number of carbonyl (C=O) groups is 1. The summed E-state index contributed by atoms with van der Waals surface area (Å²) in [6.07, 6.45) is 8.69. The molecule has 3 aromatic heterocycles. The summed E-state index contributed by atoms with van der Waals surface area (Å²) in [7, 11) is 1.90. The number of hydrogen-bond donors (Lipinski definition) is 2. The molecule has 0 radical (unpaired) electrons. The van der Waals surface area contributed by atoms with Crippen LogP contribution in [-0.4, -0.2) is 49.5 Å². The second-order valence-corrected chi connectivity index (χ2v) is 6.95. The highest BCUT2D eigenvalue weighted by atomic mass is 16.5. The van der Waals surface area contributed by atoms with Gasteiger partial charge in [0, 0.05) is 45.2 Å². The van der Waals surface area contributed by atoms with E-state index in [-0.39, 0.29) is 11.9 Å². The topological polar surface area (TPSA) is 98.9 Å². The van der Waals surface area contributed by atoms with Gasteiger partial charge >= 0.3 is 0 Å². The van der Waals surface area contributed by atoms with Gasteiger partial charge in [0.15, 0.2) is 5.65 Å². The minimum Gasteiger partial charge on any atom is -0.381 e. The van der Waals surface area contributed by atoms with Gasteiger partial charge in [-0.15, -0.1) is 0 Å². The quantitative estimate of drug-likeness (QED) is 0.672. The van der Waals surface area contributed by atoms with Crippen molar-refractivity contribution in [1.82, 2.24) is 29.6 Å². The summed E-state index contributed by atoms with van der Waals surface area (Å²) in [5, 5.41) is 11.8. The van der Waals surface area contributed by atoms with E-state index in [1.807, 2.05) is 23.2 Å². The molecule has 148 valence electrons. The van der Waals surface area contributed by atoms with Gasteiger partial charge in [0.25, 0.3) is 5.91 Å². The first kappa shape index (κ1) is 18.4. The number of carbonyl (C=O) groups excluding carboxylic acids is 1. The molecule has 0 bridgehead atoms. The first-order valence-electron chi connectivity index (χ1n) is 9.59. The zero-order chi connectivity index (χ0) is 19.5. The number of nitrogens with one attached hydrogen (secondary N) is 2. The molecule has 0 aliphatic carbocycles. The van der Waals surface area contributed by atoms with Gasteiger partial charge < -0.3 is 19.9 Å². The van der Waals surface area contributed by atoms with Crippen molar-refractivity contribution in [3.63, 3.8) is 0 Å². The van der Waals surface area contributed by atoms with Crippen molar-refractivity contribution in [2.75, 3.05) is 18.5 Å². The van der Waals surface area contributed by atoms with Crippen LogP contribution in [0.1, 0.15) is 35.8 Å². The van der Waals surface area contributed by atoms with Crippen LogP contribution < -0.4 is 10.6 Å². The van der Waals surface area contributed by atoms with E-state index in [2.05, 4.69) is 25.7 Å². The van der Waals surface area contributed by atoms with Gasteiger partial charge in [-0.3, -0.25) is 4.79 Å². The summed E-state index contributed by atoms with van der Waals surface area (Å²) in [5.74, 6) is -0.172. The van der Waals surface area contributed by atoms with E-state index >= 15 is 0 Å². The Balaban J connectivity index is 1.64. The maximum absolute atomic E-state index is 13.0. The van der Waals surface area contributed by atoms with Gasteiger partial charge in [-0.25, -0.2) is 14.6 Å². The molecule has 9 heteroatoms. The Bertz CT molecular complexity index is 972. The molecule has 0 unspecified atom stereocenters. The molecule has 1 fully saturated rings. The van der Waals surface area contributed by atoms with E-state index < -0.39 is 0 Å². The molecule has 1 aliphatic heterocycles. The van der Waals surface area contributed by atoms with Gasteiger partial charge in [0.05, 0.1) is 41.4 Å². The molecular weight excluding hydrogens is 358 g/mol. The number of aryl methyl sites for hydroxylation is 2. The summed E-state index contributed by atoms with van der Waals surface area (Å²) in [5.41, 5.74) is 3.02. The van der Waals surface area contributed by atoms with Gasteiger partial charge in [-0.05, 0) is 19.8 Å². The lowest BCUT2D eigenvalue weighted by Crippen LogP contribution is -2.30. The van der Waals surface area contributed by atoms with Gasteiger partial charge in [-0.1, -0.05) is 0 Å². The van der Waals surface area contributed by atoms with E-state index in [1.54, 1.807) is 24.9 Å². The van der Waals surface area contributed by atoms with Crippen molar-refractivity contribution < 1.29 is 9.53 Å². The molecule has 1 amide bonds. The Hall–Kier alpha value is -2.94. The van der Waals surface area contributed by atoms with Crippen molar-refractivity contribution in [3.05, 3.63) is 36.2 Å². The van der Waals surface area contributed by atoms with Crippen molar-refractivity contribution in [1.29, 1.82) is 0 Å². The van der Waals surface area contributed by atoms with Crippen molar-refractivity contribution in [2.45, 2.75) is 38.9 Å². The molecule has 0 atom stereocenters. The molecule has 0 aromatic carbocycles. The highest BCUT2D eigenvalue weighted by Gasteiger charge is 2.22. The van der Waals surface area contributed by atoms with Crippen LogP contribution >= 0.6 is 0 Å². The zero-order valence-electron chi connectivity index (χ0n) is 16.2. The van der Waals surface area contributed by atoms with Crippen molar-refractivity contribution >= 4 is 22.6 Å². The molecule has 28 heavy (non-hydrogen) atoms. The average Bonchev–Trinajstić information content (AvgIpc) is 3.33. The normalized spacial score (nSPS) is 15.1. The predicted molar refractivity (Wildman–Crippen MR) is 105 cm³/mol. The highest BCUT2D eigenvalue weighted by molar-refractivity contribution is 6.06. The molecule has 4 heterocycles. The molecule has 1 saturated heterocycles. The maximum Gasteiger partial charge on any atom is 0.255 e. The lowest BCUT2D eigenvalue weighted by Gasteiger charge is -2.25. The van der Waals surface area contributed by atoms with Crippen LogP contribution in [0.2, 0.25) is 0 Å². The number of hydrogen-bond acceptors (Lipinski definition) is 6. The SMILES string of the molecule is CCn1ncc2c(NC3CCOCC3)c(C(=O)NCc3cncn3C)cnc21. The summed E-state index contributed by atoms with van der Waals surface area (Å²) in [6.45, 7) is 4.59. The smallest absolute Gasteiger partial charge is 0.255 e. The van der Waals surface area contributed by atoms with Crippen LogP contribution in [0, 0.1) is 0 Å². The summed E-state index contributed by atoms with van der Waals surface area (Å²) in [4.78, 5) is 21.6. The summed E-state index contributed by atoms with van der Waals surface area (Å²) >= 11 is 0. The Morgan fingerprint density at radius 2 is 2.11 bits per heavy atom. The summed E-state index contributed by atoms with van der Waals surface area (Å²) < 4.78 is 9.18. The number of imidazole rings is 1. The Kier molecular flexibility index (Phi) is 5.25. The van der Waals surface area contributed by atoms with E-state index in [1.165, 1.54) is 0 Å². The third-order valence-corrected chi connectivity index (χ3v) is 5.13. The van der Waals surface area contributed by atoms with Gasteiger partial charge in [0.1, 0.15) is 0 Å². The molecule has 1 aliphatic rings. The van der Waals surface area contributed by atoms with Crippen LogP contribution in [-0.2, 0) is 24.9 Å². The fourth-order valence-electron chi connectivity index (χ4n) is 3.45. The number of amides is 1. The maximum atomic E-state index is 13.0. The van der Waals surface area contributed by atoms with Gasteiger partial charge in [-0.2, -0.15) is 5.10 Å². The van der Waals surface area contributed by atoms with E-state index in [9.17, 15) is 4.79 Å². The molecule has 9 nitrogen and oxygen atoms in total. The molecule has 2 N–H and O–H groups in total. The lowest BCUT2D eigenvalue weighted by molar-refractivity contribution is 0.0904. The number of nitrogens with zero attached hydrogens (tertiary/aromatic N) is 5. The monoisotopic (exact) mass is 383 g/mol. The fourth-order valence-corrected chi connectivity index (χ4v) is 3.45. The second-order valence-electron chi connectivity index (χ2n) is 6.95. The fraction of sp³-hybridized carbons (Fsp3) is 0.474. The predicted octanol–water partition coefficient (Wildman–Crippen LogP) is 1.71. The largest absolute Gasteiger partial charge is 0.381 e. The number of pyridine rings is 1. The number of ether oxygens (including phenoxy) is 1. The van der Waals surface area contributed by atoms with Crippen LogP contribution in [0.3, 0.4) is 0 Å². The zero-order valence-corrected chi connectivity index (χ0v) is 16.2. The first-order chi connectivity index (χ1) is 13.7. The molecule has 3 aromatic rings. The first-order valence-corrected chi connectivity index (χ1v) is 9.59. The van der Waals surface area contributed by atoms with E-state index in [0.717, 1.165) is 55.0 Å². The minimum atomic E-state index is -0.172. The average molecular weight is 383 g/mol. The number of fused-ring (bicyclic) bond motifs is 1. The van der Waals surface area contributed by atoms with Crippen LogP contribution in [0.15, 0.2) is 24.9 Å². The standard InChI is InChI=1S/C19H25N7O2/c1-3-26-18-15(11-23-26)17(24-13-4-6-28-7-5-13)16(10-21-18)19(27)22-9-14-8-20-12-25(14)2/h8,10-13H,3-7,9H2,1-2H3,(H,21,24)(H,22,27). The van der Waals surface area contributed by atoms with Crippen LogP contribution in [0.25, 0.3) is 11.0 Å². The van der Waals surface area contributed by atoms with Crippen molar-refractivity contribution in [3.8, 4) is 0 Å². The van der Waals surface area contributed by atoms with Crippen molar-refractivity contribution in [2.24, 2.45) is 7.05 Å². The lowest BCUT2D eigenvalue weighted by atomic mass is 10.1. The number of aromatic nitrogens is 5. The minimum absolute atomic E-state index is 0.172. The Morgan fingerprint density at radius 1 is 1.29 bits per heavy atom. The highest BCUT2D eigenvalue weighted by Crippen LogP contribution is 2.28. The number of anilines is 1. The van der Waals surface area contributed by atoms with Crippen LogP contribution in [0.4, 0.5) is 5.69 Å². The van der Waals surface area contributed by atoms with E-state index in [0.29, 0.717) is 12.1 Å². The molecule has 4 rings (SSSR count). The molecule has 0 spiro atoms. The molecular formula is C19H25N7O2. The Morgan fingerprint density at radius 3 is 2.82 bits per heavy atom. The molecule has 0 saturated carbocycles. The number of rotatable bonds is 6.